The minimum absolute atomic E-state index is 0.141. The number of oxime groups is 1. The topological polar surface area (TPSA) is 76.7 Å². The van der Waals surface area contributed by atoms with Gasteiger partial charge in [0.1, 0.15) is 5.84 Å². The Morgan fingerprint density at radius 3 is 2.50 bits per heavy atom. The van der Waals surface area contributed by atoms with E-state index in [1.807, 2.05) is 61.5 Å². The SMILES string of the molecule is Cc1ccc(CNC(=O)CO/N=C(\N)CCc2ccccc2)cc1. The average Bonchev–Trinajstić information content (AvgIpc) is 2.60. The number of carbonyl (C=O) groups is 1. The van der Waals surface area contributed by atoms with E-state index in [-0.39, 0.29) is 12.5 Å². The van der Waals surface area contributed by atoms with E-state index in [0.29, 0.717) is 18.8 Å². The second-order valence-electron chi connectivity index (χ2n) is 5.60. The number of nitrogens with one attached hydrogen (secondary N) is 1. The molecule has 126 valence electrons. The molecule has 5 heteroatoms. The molecule has 5 nitrogen and oxygen atoms in total. The van der Waals surface area contributed by atoms with Gasteiger partial charge in [-0.1, -0.05) is 65.3 Å². The van der Waals surface area contributed by atoms with Gasteiger partial charge in [-0.15, -0.1) is 0 Å². The summed E-state index contributed by atoms with van der Waals surface area (Å²) in [5, 5.41) is 6.56. The highest BCUT2D eigenvalue weighted by molar-refractivity contribution is 5.80. The first-order valence-corrected chi connectivity index (χ1v) is 7.94. The van der Waals surface area contributed by atoms with Gasteiger partial charge in [-0.05, 0) is 24.5 Å². The molecule has 24 heavy (non-hydrogen) atoms. The summed E-state index contributed by atoms with van der Waals surface area (Å²) in [4.78, 5) is 16.7. The zero-order chi connectivity index (χ0) is 17.2. The standard InChI is InChI=1S/C19H23N3O2/c1-15-7-9-17(10-8-15)13-21-19(23)14-24-22-18(20)12-11-16-5-3-2-4-6-16/h2-10H,11-14H2,1H3,(H2,20,22)(H,21,23). The zero-order valence-electron chi connectivity index (χ0n) is 13.9. The third kappa shape index (κ3) is 6.52. The summed E-state index contributed by atoms with van der Waals surface area (Å²) < 4.78 is 0. The molecule has 0 radical (unpaired) electrons. The maximum atomic E-state index is 11.7. The van der Waals surface area contributed by atoms with E-state index in [0.717, 1.165) is 12.0 Å². The van der Waals surface area contributed by atoms with Gasteiger partial charge in [0.15, 0.2) is 6.61 Å². The third-order valence-corrected chi connectivity index (χ3v) is 3.50. The number of hydrogen-bond acceptors (Lipinski definition) is 3. The van der Waals surface area contributed by atoms with E-state index in [4.69, 9.17) is 10.6 Å². The van der Waals surface area contributed by atoms with Gasteiger partial charge in [0.25, 0.3) is 5.91 Å². The number of amides is 1. The van der Waals surface area contributed by atoms with Crippen molar-refractivity contribution >= 4 is 11.7 Å². The number of nitrogens with zero attached hydrogens (tertiary/aromatic N) is 1. The van der Waals surface area contributed by atoms with Crippen molar-refractivity contribution in [3.63, 3.8) is 0 Å². The lowest BCUT2D eigenvalue weighted by Crippen LogP contribution is -2.27. The van der Waals surface area contributed by atoms with Crippen LogP contribution in [0.25, 0.3) is 0 Å². The summed E-state index contributed by atoms with van der Waals surface area (Å²) in [7, 11) is 0. The third-order valence-electron chi connectivity index (χ3n) is 3.50. The van der Waals surface area contributed by atoms with E-state index in [9.17, 15) is 4.79 Å². The van der Waals surface area contributed by atoms with Gasteiger partial charge >= 0.3 is 0 Å². The molecular formula is C19H23N3O2. The molecule has 2 rings (SSSR count). The summed E-state index contributed by atoms with van der Waals surface area (Å²) in [6.07, 6.45) is 1.38. The molecule has 0 bridgehead atoms. The summed E-state index contributed by atoms with van der Waals surface area (Å²) in [6, 6.07) is 18.0. The first-order valence-electron chi connectivity index (χ1n) is 7.94. The average molecular weight is 325 g/mol. The van der Waals surface area contributed by atoms with Gasteiger partial charge in [-0.2, -0.15) is 0 Å². The minimum Gasteiger partial charge on any atom is -0.384 e. The van der Waals surface area contributed by atoms with Crippen molar-refractivity contribution in [2.45, 2.75) is 26.3 Å². The van der Waals surface area contributed by atoms with Crippen LogP contribution in [0.15, 0.2) is 59.8 Å². The maximum absolute atomic E-state index is 11.7. The highest BCUT2D eigenvalue weighted by Crippen LogP contribution is 2.03. The molecule has 0 aromatic heterocycles. The normalized spacial score (nSPS) is 11.1. The summed E-state index contributed by atoms with van der Waals surface area (Å²) in [6.45, 7) is 2.35. The first kappa shape index (κ1) is 17.5. The lowest BCUT2D eigenvalue weighted by Gasteiger charge is -2.05. The fourth-order valence-electron chi connectivity index (χ4n) is 2.09. The van der Waals surface area contributed by atoms with Gasteiger partial charge < -0.3 is 15.9 Å². The lowest BCUT2D eigenvalue weighted by atomic mass is 10.1. The van der Waals surface area contributed by atoms with Crippen molar-refractivity contribution in [1.82, 2.24) is 5.32 Å². The summed E-state index contributed by atoms with van der Waals surface area (Å²) in [5.41, 5.74) is 9.20. The quantitative estimate of drug-likeness (QED) is 0.445. The molecule has 1 amide bonds. The molecule has 0 aliphatic heterocycles. The van der Waals surface area contributed by atoms with Crippen molar-refractivity contribution in [3.05, 3.63) is 71.3 Å². The molecule has 0 heterocycles. The fraction of sp³-hybridized carbons (Fsp3) is 0.263. The van der Waals surface area contributed by atoms with Crippen LogP contribution in [0.4, 0.5) is 0 Å². The lowest BCUT2D eigenvalue weighted by molar-refractivity contribution is -0.125. The smallest absolute Gasteiger partial charge is 0.261 e. The Bertz CT molecular complexity index is 667. The number of carbonyl (C=O) groups excluding carboxylic acids is 1. The van der Waals surface area contributed by atoms with Crippen molar-refractivity contribution in [3.8, 4) is 0 Å². The van der Waals surface area contributed by atoms with Crippen molar-refractivity contribution in [1.29, 1.82) is 0 Å². The number of aryl methyl sites for hydroxylation is 2. The highest BCUT2D eigenvalue weighted by atomic mass is 16.6. The van der Waals surface area contributed by atoms with E-state index in [1.54, 1.807) is 0 Å². The molecule has 0 aliphatic rings. The van der Waals surface area contributed by atoms with Crippen LogP contribution in [0.3, 0.4) is 0 Å². The Balaban J connectivity index is 1.64. The molecule has 0 spiro atoms. The number of hydrogen-bond donors (Lipinski definition) is 2. The monoisotopic (exact) mass is 325 g/mol. The first-order chi connectivity index (χ1) is 11.6. The van der Waals surface area contributed by atoms with Crippen LogP contribution in [0.1, 0.15) is 23.1 Å². The predicted molar refractivity (Wildman–Crippen MR) is 95.4 cm³/mol. The Labute approximate surface area is 142 Å². The van der Waals surface area contributed by atoms with Crippen molar-refractivity contribution < 1.29 is 9.63 Å². The van der Waals surface area contributed by atoms with Gasteiger partial charge in [-0.3, -0.25) is 4.79 Å². The van der Waals surface area contributed by atoms with Crippen LogP contribution in [0.2, 0.25) is 0 Å². The minimum atomic E-state index is -0.227. The van der Waals surface area contributed by atoms with Gasteiger partial charge in [0.05, 0.1) is 0 Å². The molecule has 0 saturated carbocycles. The van der Waals surface area contributed by atoms with E-state index >= 15 is 0 Å². The van der Waals surface area contributed by atoms with Gasteiger partial charge in [-0.25, -0.2) is 0 Å². The predicted octanol–water partition coefficient (Wildman–Crippen LogP) is 2.53. The van der Waals surface area contributed by atoms with Crippen LogP contribution in [-0.4, -0.2) is 18.3 Å². The Morgan fingerprint density at radius 2 is 1.79 bits per heavy atom. The Kier molecular flexibility index (Phi) is 6.83. The summed E-state index contributed by atoms with van der Waals surface area (Å²) >= 11 is 0. The molecular weight excluding hydrogens is 302 g/mol. The molecule has 3 N–H and O–H groups in total. The fourth-order valence-corrected chi connectivity index (χ4v) is 2.09. The van der Waals surface area contributed by atoms with E-state index < -0.39 is 0 Å². The number of amidine groups is 1. The molecule has 0 fully saturated rings. The summed E-state index contributed by atoms with van der Waals surface area (Å²) in [5.74, 6) is 0.153. The van der Waals surface area contributed by atoms with Gasteiger partial charge in [0, 0.05) is 13.0 Å². The molecule has 2 aromatic carbocycles. The van der Waals surface area contributed by atoms with Crippen LogP contribution in [-0.2, 0) is 22.6 Å². The largest absolute Gasteiger partial charge is 0.384 e. The van der Waals surface area contributed by atoms with Crippen LogP contribution < -0.4 is 11.1 Å². The molecule has 0 unspecified atom stereocenters. The second-order valence-corrected chi connectivity index (χ2v) is 5.60. The zero-order valence-corrected chi connectivity index (χ0v) is 13.9. The highest BCUT2D eigenvalue weighted by Gasteiger charge is 2.02. The van der Waals surface area contributed by atoms with Crippen molar-refractivity contribution in [2.24, 2.45) is 10.9 Å². The number of nitrogens with two attached hydrogens (primary N) is 1. The van der Waals surface area contributed by atoms with E-state index in [2.05, 4.69) is 10.5 Å². The molecule has 2 aromatic rings. The van der Waals surface area contributed by atoms with Gasteiger partial charge in [0.2, 0.25) is 0 Å². The maximum Gasteiger partial charge on any atom is 0.261 e. The van der Waals surface area contributed by atoms with Crippen LogP contribution in [0.5, 0.6) is 0 Å². The number of rotatable bonds is 8. The molecule has 0 aliphatic carbocycles. The van der Waals surface area contributed by atoms with E-state index in [1.165, 1.54) is 11.1 Å². The molecule has 0 saturated heterocycles. The number of benzene rings is 2. The molecule has 0 atom stereocenters. The van der Waals surface area contributed by atoms with Crippen LogP contribution >= 0.6 is 0 Å². The Hall–Kier alpha value is -2.82. The second kappa shape index (κ2) is 9.35. The van der Waals surface area contributed by atoms with Crippen molar-refractivity contribution in [2.75, 3.05) is 6.61 Å². The van der Waals surface area contributed by atoms with Crippen LogP contribution in [0, 0.1) is 6.92 Å². The Morgan fingerprint density at radius 1 is 1.08 bits per heavy atom.